The number of phenolic OH excluding ortho intramolecular Hbond substituents is 1. The van der Waals surface area contributed by atoms with Crippen molar-refractivity contribution in [2.75, 3.05) is 13.7 Å². The minimum absolute atomic E-state index is 0.190. The van der Waals surface area contributed by atoms with Crippen LogP contribution in [0.5, 0.6) is 11.5 Å². The van der Waals surface area contributed by atoms with Crippen LogP contribution in [-0.2, 0) is 6.42 Å². The molecule has 1 atom stereocenters. The fourth-order valence-electron chi connectivity index (χ4n) is 3.73. The first kappa shape index (κ1) is 20.9. The van der Waals surface area contributed by atoms with Crippen molar-refractivity contribution in [3.8, 4) is 11.5 Å². The van der Waals surface area contributed by atoms with Crippen LogP contribution in [0.2, 0.25) is 0 Å². The summed E-state index contributed by atoms with van der Waals surface area (Å²) in [5.41, 5.74) is 3.91. The minimum atomic E-state index is 0.190. The van der Waals surface area contributed by atoms with Gasteiger partial charge in [0.25, 0.3) is 0 Å². The Balaban J connectivity index is 1.53. The first-order chi connectivity index (χ1) is 14.2. The van der Waals surface area contributed by atoms with Gasteiger partial charge in [0.05, 0.1) is 7.11 Å². The smallest absolute Gasteiger partial charge is 0.160 e. The summed E-state index contributed by atoms with van der Waals surface area (Å²) in [5, 5.41) is 13.4. The Morgan fingerprint density at radius 1 is 0.862 bits per heavy atom. The van der Waals surface area contributed by atoms with Gasteiger partial charge < -0.3 is 15.2 Å². The topological polar surface area (TPSA) is 41.5 Å². The van der Waals surface area contributed by atoms with Gasteiger partial charge in [-0.25, -0.2) is 0 Å². The van der Waals surface area contributed by atoms with Crippen molar-refractivity contribution in [2.45, 2.75) is 38.1 Å². The van der Waals surface area contributed by atoms with Crippen molar-refractivity contribution < 1.29 is 9.84 Å². The lowest BCUT2D eigenvalue weighted by Crippen LogP contribution is -2.28. The van der Waals surface area contributed by atoms with E-state index < -0.39 is 0 Å². The third-order valence-corrected chi connectivity index (χ3v) is 5.44. The van der Waals surface area contributed by atoms with Crippen molar-refractivity contribution in [3.05, 3.63) is 95.6 Å². The summed E-state index contributed by atoms with van der Waals surface area (Å²) in [6.07, 6.45) is 3.05. The lowest BCUT2D eigenvalue weighted by Gasteiger charge is -2.20. The van der Waals surface area contributed by atoms with Crippen molar-refractivity contribution >= 4 is 0 Å². The van der Waals surface area contributed by atoms with Crippen LogP contribution in [0, 0.1) is 0 Å². The average molecular weight is 390 g/mol. The fraction of sp³-hybridized carbons (Fsp3) is 0.308. The highest BCUT2D eigenvalue weighted by atomic mass is 16.5. The number of phenols is 1. The summed E-state index contributed by atoms with van der Waals surface area (Å²) in [7, 11) is 1.58. The maximum atomic E-state index is 9.73. The molecule has 0 saturated heterocycles. The third kappa shape index (κ3) is 6.10. The van der Waals surface area contributed by atoms with Crippen LogP contribution in [0.1, 0.15) is 42.4 Å². The molecule has 0 aliphatic carbocycles. The number of methoxy groups -OCH3 is 1. The molecule has 3 nitrogen and oxygen atoms in total. The Kier molecular flexibility index (Phi) is 7.71. The third-order valence-electron chi connectivity index (χ3n) is 5.44. The molecule has 0 aromatic heterocycles. The molecule has 0 fully saturated rings. The van der Waals surface area contributed by atoms with E-state index in [1.54, 1.807) is 13.2 Å². The highest BCUT2D eigenvalue weighted by Gasteiger charge is 2.14. The molecule has 3 aromatic carbocycles. The van der Waals surface area contributed by atoms with E-state index in [1.165, 1.54) is 16.7 Å². The fourth-order valence-corrected chi connectivity index (χ4v) is 3.73. The largest absolute Gasteiger partial charge is 0.504 e. The van der Waals surface area contributed by atoms with Gasteiger partial charge in [0.1, 0.15) is 0 Å². The highest BCUT2D eigenvalue weighted by molar-refractivity contribution is 5.41. The van der Waals surface area contributed by atoms with Crippen LogP contribution in [0.4, 0.5) is 0 Å². The zero-order valence-corrected chi connectivity index (χ0v) is 17.3. The molecule has 3 heteroatoms. The van der Waals surface area contributed by atoms with Gasteiger partial charge in [-0.05, 0) is 61.6 Å². The summed E-state index contributed by atoms with van der Waals surface area (Å²) in [6, 6.07) is 27.5. The number of aromatic hydroxyl groups is 1. The molecule has 2 N–H and O–H groups in total. The predicted octanol–water partition coefficient (Wildman–Crippen LogP) is 5.53. The lowest BCUT2D eigenvalue weighted by atomic mass is 9.88. The molecular weight excluding hydrogens is 358 g/mol. The Hall–Kier alpha value is -2.78. The van der Waals surface area contributed by atoms with Crippen molar-refractivity contribution in [2.24, 2.45) is 0 Å². The normalized spacial score (nSPS) is 12.1. The number of ether oxygens (including phenoxy) is 1. The minimum Gasteiger partial charge on any atom is -0.504 e. The van der Waals surface area contributed by atoms with Crippen LogP contribution >= 0.6 is 0 Å². The molecule has 3 rings (SSSR count). The number of hydrogen-bond donors (Lipinski definition) is 2. The van der Waals surface area contributed by atoms with Crippen molar-refractivity contribution in [1.82, 2.24) is 5.32 Å². The molecule has 0 amide bonds. The maximum Gasteiger partial charge on any atom is 0.160 e. The number of benzene rings is 3. The maximum absolute atomic E-state index is 9.73. The molecular formula is C26H31NO2. The molecule has 0 bridgehead atoms. The SMILES string of the molecule is COc1cc(CCC(C)NCCC(c2ccccc2)c2ccccc2)ccc1O. The van der Waals surface area contributed by atoms with Crippen LogP contribution in [0.25, 0.3) is 0 Å². The molecule has 0 aliphatic rings. The monoisotopic (exact) mass is 389 g/mol. The summed E-state index contributed by atoms with van der Waals surface area (Å²) >= 11 is 0. The van der Waals surface area contributed by atoms with Crippen LogP contribution in [0.3, 0.4) is 0 Å². The number of nitrogens with one attached hydrogen (secondary N) is 1. The van der Waals surface area contributed by atoms with Crippen LogP contribution < -0.4 is 10.1 Å². The molecule has 3 aromatic rings. The van der Waals surface area contributed by atoms with Gasteiger partial charge >= 0.3 is 0 Å². The van der Waals surface area contributed by atoms with E-state index in [9.17, 15) is 5.11 Å². The summed E-state index contributed by atoms with van der Waals surface area (Å²) in [5.74, 6) is 1.13. The lowest BCUT2D eigenvalue weighted by molar-refractivity contribution is 0.372. The number of aryl methyl sites for hydroxylation is 1. The zero-order valence-electron chi connectivity index (χ0n) is 17.3. The molecule has 152 valence electrons. The van der Waals surface area contributed by atoms with Gasteiger partial charge in [0.15, 0.2) is 11.5 Å². The first-order valence-corrected chi connectivity index (χ1v) is 10.4. The van der Waals surface area contributed by atoms with E-state index in [0.29, 0.717) is 17.7 Å². The Morgan fingerprint density at radius 3 is 2.07 bits per heavy atom. The number of hydrogen-bond acceptors (Lipinski definition) is 3. The molecule has 0 aliphatic heterocycles. The molecule has 29 heavy (non-hydrogen) atoms. The molecule has 0 spiro atoms. The van der Waals surface area contributed by atoms with Crippen LogP contribution in [0.15, 0.2) is 78.9 Å². The number of rotatable bonds is 10. The van der Waals surface area contributed by atoms with Crippen LogP contribution in [-0.4, -0.2) is 24.8 Å². The molecule has 0 heterocycles. The van der Waals surface area contributed by atoms with Gasteiger partial charge in [-0.1, -0.05) is 66.7 Å². The Morgan fingerprint density at radius 2 is 1.48 bits per heavy atom. The van der Waals surface area contributed by atoms with E-state index in [0.717, 1.165) is 25.8 Å². The summed E-state index contributed by atoms with van der Waals surface area (Å²) in [6.45, 7) is 3.20. The second-order valence-electron chi connectivity index (χ2n) is 7.56. The second-order valence-corrected chi connectivity index (χ2v) is 7.56. The summed E-state index contributed by atoms with van der Waals surface area (Å²) in [4.78, 5) is 0. The van der Waals surface area contributed by atoms with Gasteiger partial charge in [-0.2, -0.15) is 0 Å². The average Bonchev–Trinajstić information content (AvgIpc) is 2.77. The van der Waals surface area contributed by atoms with Gasteiger partial charge in [-0.3, -0.25) is 0 Å². The van der Waals surface area contributed by atoms with Gasteiger partial charge in [0, 0.05) is 12.0 Å². The van der Waals surface area contributed by atoms with E-state index in [2.05, 4.69) is 72.9 Å². The highest BCUT2D eigenvalue weighted by Crippen LogP contribution is 2.28. The van der Waals surface area contributed by atoms with Gasteiger partial charge in [-0.15, -0.1) is 0 Å². The predicted molar refractivity (Wildman–Crippen MR) is 120 cm³/mol. The molecule has 0 saturated carbocycles. The molecule has 0 radical (unpaired) electrons. The zero-order chi connectivity index (χ0) is 20.5. The molecule has 1 unspecified atom stereocenters. The van der Waals surface area contributed by atoms with E-state index in [1.807, 2.05) is 12.1 Å². The van der Waals surface area contributed by atoms with E-state index in [-0.39, 0.29) is 5.75 Å². The van der Waals surface area contributed by atoms with Crippen molar-refractivity contribution in [3.63, 3.8) is 0 Å². The quantitative estimate of drug-likeness (QED) is 0.479. The van der Waals surface area contributed by atoms with Crippen molar-refractivity contribution in [1.29, 1.82) is 0 Å². The van der Waals surface area contributed by atoms with Gasteiger partial charge in [0.2, 0.25) is 0 Å². The van der Waals surface area contributed by atoms with E-state index >= 15 is 0 Å². The Labute approximate surface area is 174 Å². The Bertz CT molecular complexity index is 825. The standard InChI is InChI=1S/C26H31NO2/c1-20(13-14-21-15-16-25(28)26(19-21)29-2)27-18-17-24(22-9-5-3-6-10-22)23-11-7-4-8-12-23/h3-12,15-16,19-20,24,27-28H,13-14,17-18H2,1-2H3. The summed E-state index contributed by atoms with van der Waals surface area (Å²) < 4.78 is 5.20. The second kappa shape index (κ2) is 10.7. The first-order valence-electron chi connectivity index (χ1n) is 10.4. The van der Waals surface area contributed by atoms with E-state index in [4.69, 9.17) is 4.74 Å².